The molecule has 0 spiro atoms. The summed E-state index contributed by atoms with van der Waals surface area (Å²) in [6.07, 6.45) is 0.335. The van der Waals surface area contributed by atoms with Crippen molar-refractivity contribution in [3.8, 4) is 11.1 Å². The molecule has 1 aromatic carbocycles. The number of aromatic nitrogens is 6. The van der Waals surface area contributed by atoms with Crippen LogP contribution in [0.1, 0.15) is 29.7 Å². The molecule has 0 radical (unpaired) electrons. The summed E-state index contributed by atoms with van der Waals surface area (Å²) in [5.74, 6) is -0.928. The van der Waals surface area contributed by atoms with Gasteiger partial charge in [-0.1, -0.05) is 6.07 Å². The number of aryl methyl sites for hydroxylation is 1. The molecule has 40 heavy (non-hydrogen) atoms. The Kier molecular flexibility index (Phi) is 7.32. The molecule has 1 saturated heterocycles. The van der Waals surface area contributed by atoms with Gasteiger partial charge in [0.2, 0.25) is 11.8 Å². The van der Waals surface area contributed by atoms with Gasteiger partial charge in [-0.25, -0.2) is 23.1 Å². The number of hydrogen-bond acceptors (Lipinski definition) is 7. The molecule has 5 rings (SSSR count). The maximum absolute atomic E-state index is 14.4. The van der Waals surface area contributed by atoms with Crippen molar-refractivity contribution in [1.29, 1.82) is 0 Å². The van der Waals surface area contributed by atoms with Crippen LogP contribution < -0.4 is 5.32 Å². The molecule has 0 unspecified atom stereocenters. The third kappa shape index (κ3) is 5.55. The number of nitrogens with one attached hydrogen (secondary N) is 1. The number of fused-ring (bicyclic) bond motifs is 1. The number of halogens is 3. The van der Waals surface area contributed by atoms with Crippen molar-refractivity contribution >= 4 is 34.3 Å². The average molecular weight is 555 g/mol. The molecule has 0 aliphatic carbocycles. The van der Waals surface area contributed by atoms with Crippen LogP contribution in [0.2, 0.25) is 0 Å². The molecule has 1 fully saturated rings. The fourth-order valence-corrected chi connectivity index (χ4v) is 4.69. The maximum Gasteiger partial charge on any atom is 0.257 e. The van der Waals surface area contributed by atoms with Crippen LogP contribution in [0, 0.1) is 6.92 Å². The first-order valence-electron chi connectivity index (χ1n) is 12.5. The van der Waals surface area contributed by atoms with E-state index >= 15 is 0 Å². The van der Waals surface area contributed by atoms with E-state index in [1.807, 2.05) is 0 Å². The summed E-state index contributed by atoms with van der Waals surface area (Å²) in [6.45, 7) is 1.86. The molecule has 4 heterocycles. The lowest BCUT2D eigenvalue weighted by molar-refractivity contribution is -0.137. The molecule has 2 amide bonds. The van der Waals surface area contributed by atoms with Gasteiger partial charge in [0, 0.05) is 49.0 Å². The quantitative estimate of drug-likeness (QED) is 0.332. The first kappa shape index (κ1) is 27.0. The first-order chi connectivity index (χ1) is 19.1. The van der Waals surface area contributed by atoms with E-state index in [9.17, 15) is 27.6 Å². The van der Waals surface area contributed by atoms with Crippen molar-refractivity contribution in [3.63, 3.8) is 0 Å². The number of alkyl halides is 3. The molecule has 3 aromatic heterocycles. The highest BCUT2D eigenvalue weighted by molar-refractivity contribution is 6.06. The monoisotopic (exact) mass is 554 g/mol. The molecule has 0 bridgehead atoms. The fourth-order valence-electron chi connectivity index (χ4n) is 4.69. The van der Waals surface area contributed by atoms with Gasteiger partial charge in [0.25, 0.3) is 6.43 Å². The number of benzene rings is 1. The van der Waals surface area contributed by atoms with Crippen LogP contribution in [0.3, 0.4) is 0 Å². The van der Waals surface area contributed by atoms with Gasteiger partial charge in [-0.3, -0.25) is 23.7 Å². The van der Waals surface area contributed by atoms with E-state index in [-0.39, 0.29) is 36.8 Å². The van der Waals surface area contributed by atoms with Crippen LogP contribution in [0.5, 0.6) is 0 Å². The zero-order valence-electron chi connectivity index (χ0n) is 21.6. The summed E-state index contributed by atoms with van der Waals surface area (Å²) in [7, 11) is 0. The lowest BCUT2D eigenvalue weighted by Crippen LogP contribution is -2.44. The molecule has 0 saturated carbocycles. The number of amides is 2. The smallest absolute Gasteiger partial charge is 0.257 e. The van der Waals surface area contributed by atoms with E-state index in [0.29, 0.717) is 16.7 Å². The highest BCUT2D eigenvalue weighted by Crippen LogP contribution is 2.28. The Bertz CT molecular complexity index is 1580. The Hall–Kier alpha value is -4.62. The maximum atomic E-state index is 14.4. The molecule has 2 atom stereocenters. The molecule has 1 aliphatic heterocycles. The van der Waals surface area contributed by atoms with E-state index < -0.39 is 37.0 Å². The van der Waals surface area contributed by atoms with Gasteiger partial charge in [0.05, 0.1) is 12.1 Å². The van der Waals surface area contributed by atoms with Crippen molar-refractivity contribution in [2.24, 2.45) is 0 Å². The molecule has 14 heteroatoms. The molecule has 1 N–H and O–H groups in total. The number of anilines is 1. The minimum atomic E-state index is -2.62. The van der Waals surface area contributed by atoms with Crippen LogP contribution in [0.15, 0.2) is 42.9 Å². The van der Waals surface area contributed by atoms with Crippen molar-refractivity contribution in [2.75, 3.05) is 11.9 Å². The average Bonchev–Trinajstić information content (AvgIpc) is 3.61. The molecule has 1 aliphatic rings. The third-order valence-corrected chi connectivity index (χ3v) is 6.57. The van der Waals surface area contributed by atoms with E-state index in [2.05, 4.69) is 25.5 Å². The van der Waals surface area contributed by atoms with Crippen molar-refractivity contribution < 1.29 is 27.6 Å². The van der Waals surface area contributed by atoms with E-state index in [1.54, 1.807) is 37.5 Å². The second-order valence-corrected chi connectivity index (χ2v) is 9.51. The summed E-state index contributed by atoms with van der Waals surface area (Å²) in [5, 5.41) is 11.2. The van der Waals surface area contributed by atoms with E-state index in [0.717, 1.165) is 20.7 Å². The predicted molar refractivity (Wildman–Crippen MR) is 137 cm³/mol. The largest absolute Gasteiger partial charge is 0.326 e. The fraction of sp³-hybridized carbons (Fsp3) is 0.346. The Morgan fingerprint density at radius 3 is 2.55 bits per heavy atom. The predicted octanol–water partition coefficient (Wildman–Crippen LogP) is 3.04. The van der Waals surface area contributed by atoms with Gasteiger partial charge >= 0.3 is 0 Å². The zero-order chi connectivity index (χ0) is 28.6. The van der Waals surface area contributed by atoms with E-state index in [1.165, 1.54) is 23.9 Å². The summed E-state index contributed by atoms with van der Waals surface area (Å²) in [5.41, 5.74) is 2.17. The Balaban J connectivity index is 1.36. The van der Waals surface area contributed by atoms with Crippen molar-refractivity contribution in [1.82, 2.24) is 34.4 Å². The third-order valence-electron chi connectivity index (χ3n) is 6.57. The Morgan fingerprint density at radius 2 is 1.85 bits per heavy atom. The number of carbonyl (C=O) groups excluding carboxylic acids is 3. The summed E-state index contributed by atoms with van der Waals surface area (Å²) in [4.78, 5) is 48.1. The van der Waals surface area contributed by atoms with Crippen LogP contribution >= 0.6 is 0 Å². The SMILES string of the molecule is CC(=O)c1nn(CC(=O)N2C[C@H](F)C[C@H]2C(=O)Nc2ccn(CC(F)F)n2)c2ccc(-c3cnc(C)nc3)cc12. The summed E-state index contributed by atoms with van der Waals surface area (Å²) >= 11 is 0. The van der Waals surface area contributed by atoms with Crippen LogP contribution in [0.25, 0.3) is 22.0 Å². The molecular formula is C26H25F3N8O3. The molecule has 4 aromatic rings. The minimum absolute atomic E-state index is 0.0132. The molecule has 208 valence electrons. The number of hydrogen-bond donors (Lipinski definition) is 1. The Labute approximate surface area is 226 Å². The number of rotatable bonds is 8. The second kappa shape index (κ2) is 10.9. The number of carbonyl (C=O) groups is 3. The first-order valence-corrected chi connectivity index (χ1v) is 12.5. The second-order valence-electron chi connectivity index (χ2n) is 9.51. The van der Waals surface area contributed by atoms with Crippen LogP contribution in [-0.4, -0.2) is 77.2 Å². The zero-order valence-corrected chi connectivity index (χ0v) is 21.6. The van der Waals surface area contributed by atoms with Crippen molar-refractivity contribution in [3.05, 3.63) is 54.4 Å². The Morgan fingerprint density at radius 1 is 1.10 bits per heavy atom. The summed E-state index contributed by atoms with van der Waals surface area (Å²) in [6, 6.07) is 5.49. The number of likely N-dealkylation sites (tertiary alicyclic amines) is 1. The van der Waals surface area contributed by atoms with Gasteiger partial charge in [-0.2, -0.15) is 10.2 Å². The minimum Gasteiger partial charge on any atom is -0.326 e. The van der Waals surface area contributed by atoms with Gasteiger partial charge in [-0.15, -0.1) is 0 Å². The van der Waals surface area contributed by atoms with Gasteiger partial charge in [-0.05, 0) is 24.6 Å². The number of ketones is 1. The van der Waals surface area contributed by atoms with Crippen LogP contribution in [-0.2, 0) is 22.7 Å². The van der Waals surface area contributed by atoms with Gasteiger partial charge < -0.3 is 10.2 Å². The lowest BCUT2D eigenvalue weighted by atomic mass is 10.0. The number of Topliss-reactive ketones (excluding diaryl/α,β-unsaturated/α-hetero) is 1. The summed E-state index contributed by atoms with van der Waals surface area (Å²) < 4.78 is 41.9. The van der Waals surface area contributed by atoms with Crippen molar-refractivity contribution in [2.45, 2.75) is 52.0 Å². The molecular weight excluding hydrogens is 529 g/mol. The molecule has 11 nitrogen and oxygen atoms in total. The van der Waals surface area contributed by atoms with Gasteiger partial charge in [0.1, 0.15) is 36.8 Å². The number of nitrogens with zero attached hydrogens (tertiary/aromatic N) is 7. The lowest BCUT2D eigenvalue weighted by Gasteiger charge is -2.23. The topological polar surface area (TPSA) is 128 Å². The van der Waals surface area contributed by atoms with Gasteiger partial charge in [0.15, 0.2) is 11.6 Å². The normalized spacial score (nSPS) is 17.1. The standard InChI is InChI=1S/C26H25F3N8O3/c1-14(38)25-19-7-16(17-9-30-15(2)31-10-17)3-4-20(19)37(34-25)13-24(39)36-11-18(27)8-21(36)26(40)32-23-5-6-35(33-23)12-22(28)29/h3-7,9-10,18,21-22H,8,11-13H2,1-2H3,(H,32,33,40)/t18-,21+/m1/s1. The highest BCUT2D eigenvalue weighted by Gasteiger charge is 2.40. The van der Waals surface area contributed by atoms with E-state index in [4.69, 9.17) is 0 Å². The highest BCUT2D eigenvalue weighted by atomic mass is 19.3. The van der Waals surface area contributed by atoms with Crippen LogP contribution in [0.4, 0.5) is 19.0 Å².